The van der Waals surface area contributed by atoms with Gasteiger partial charge in [0.05, 0.1) is 12.7 Å². The average molecular weight is 237 g/mol. The lowest BCUT2D eigenvalue weighted by Gasteiger charge is -2.23. The van der Waals surface area contributed by atoms with E-state index in [0.717, 1.165) is 31.6 Å². The van der Waals surface area contributed by atoms with Crippen molar-refractivity contribution in [2.75, 3.05) is 13.2 Å². The first-order valence-electron chi connectivity index (χ1n) is 6.16. The van der Waals surface area contributed by atoms with E-state index < -0.39 is 6.10 Å². The SMILES string of the molecule is OC(COC1CCCCO1)Cc1ccccn1. The molecule has 0 aromatic carbocycles. The van der Waals surface area contributed by atoms with Gasteiger partial charge in [-0.3, -0.25) is 4.98 Å². The van der Waals surface area contributed by atoms with Crippen molar-refractivity contribution in [1.82, 2.24) is 4.98 Å². The zero-order chi connectivity index (χ0) is 11.9. The molecule has 1 aromatic rings. The predicted molar refractivity (Wildman–Crippen MR) is 63.5 cm³/mol. The number of aliphatic hydroxyl groups is 1. The Hall–Kier alpha value is -0.970. The van der Waals surface area contributed by atoms with Gasteiger partial charge in [0.25, 0.3) is 0 Å². The van der Waals surface area contributed by atoms with E-state index in [1.807, 2.05) is 18.2 Å². The summed E-state index contributed by atoms with van der Waals surface area (Å²) in [6, 6.07) is 5.68. The van der Waals surface area contributed by atoms with Crippen molar-refractivity contribution in [3.05, 3.63) is 30.1 Å². The molecule has 17 heavy (non-hydrogen) atoms. The summed E-state index contributed by atoms with van der Waals surface area (Å²) in [6.07, 6.45) is 4.77. The van der Waals surface area contributed by atoms with E-state index in [-0.39, 0.29) is 6.29 Å². The van der Waals surface area contributed by atoms with Crippen molar-refractivity contribution in [3.8, 4) is 0 Å². The molecule has 0 amide bonds. The van der Waals surface area contributed by atoms with Gasteiger partial charge >= 0.3 is 0 Å². The van der Waals surface area contributed by atoms with Gasteiger partial charge in [-0.15, -0.1) is 0 Å². The minimum Gasteiger partial charge on any atom is -0.390 e. The lowest BCUT2D eigenvalue weighted by atomic mass is 10.2. The van der Waals surface area contributed by atoms with E-state index in [1.54, 1.807) is 6.20 Å². The first-order chi connectivity index (χ1) is 8.34. The van der Waals surface area contributed by atoms with Crippen molar-refractivity contribution >= 4 is 0 Å². The van der Waals surface area contributed by atoms with Crippen LogP contribution in [0.4, 0.5) is 0 Å². The van der Waals surface area contributed by atoms with Gasteiger partial charge in [0.2, 0.25) is 0 Å². The Morgan fingerprint density at radius 2 is 2.41 bits per heavy atom. The van der Waals surface area contributed by atoms with Crippen LogP contribution < -0.4 is 0 Å². The third-order valence-corrected chi connectivity index (χ3v) is 2.78. The van der Waals surface area contributed by atoms with Gasteiger partial charge < -0.3 is 14.6 Å². The van der Waals surface area contributed by atoms with E-state index in [4.69, 9.17) is 9.47 Å². The maximum Gasteiger partial charge on any atom is 0.157 e. The largest absolute Gasteiger partial charge is 0.390 e. The number of ether oxygens (including phenoxy) is 2. The molecule has 1 aliphatic rings. The normalized spacial score (nSPS) is 22.3. The quantitative estimate of drug-likeness (QED) is 0.843. The topological polar surface area (TPSA) is 51.6 Å². The Labute approximate surface area is 102 Å². The van der Waals surface area contributed by atoms with E-state index in [2.05, 4.69) is 4.98 Å². The van der Waals surface area contributed by atoms with Gasteiger partial charge in [-0.2, -0.15) is 0 Å². The Balaban J connectivity index is 1.68. The van der Waals surface area contributed by atoms with Gasteiger partial charge in [0.15, 0.2) is 6.29 Å². The summed E-state index contributed by atoms with van der Waals surface area (Å²) >= 11 is 0. The molecule has 0 spiro atoms. The van der Waals surface area contributed by atoms with Crippen LogP contribution in [0.25, 0.3) is 0 Å². The molecular weight excluding hydrogens is 218 g/mol. The van der Waals surface area contributed by atoms with Gasteiger partial charge in [-0.1, -0.05) is 6.07 Å². The lowest BCUT2D eigenvalue weighted by Crippen LogP contribution is -2.27. The van der Waals surface area contributed by atoms with Crippen LogP contribution in [-0.4, -0.2) is 35.7 Å². The molecule has 2 atom stereocenters. The van der Waals surface area contributed by atoms with Crippen LogP contribution in [0.2, 0.25) is 0 Å². The van der Waals surface area contributed by atoms with E-state index in [0.29, 0.717) is 13.0 Å². The molecule has 2 unspecified atom stereocenters. The summed E-state index contributed by atoms with van der Waals surface area (Å²) in [4.78, 5) is 4.17. The highest BCUT2D eigenvalue weighted by Gasteiger charge is 2.16. The average Bonchev–Trinajstić information content (AvgIpc) is 2.39. The Kier molecular flexibility index (Phi) is 4.91. The first-order valence-corrected chi connectivity index (χ1v) is 6.16. The summed E-state index contributed by atoms with van der Waals surface area (Å²) in [6.45, 7) is 1.07. The lowest BCUT2D eigenvalue weighted by molar-refractivity contribution is -0.175. The highest BCUT2D eigenvalue weighted by atomic mass is 16.7. The Bertz CT molecular complexity index is 312. The van der Waals surface area contributed by atoms with Crippen molar-refractivity contribution in [2.24, 2.45) is 0 Å². The molecule has 0 bridgehead atoms. The molecule has 0 saturated carbocycles. The minimum absolute atomic E-state index is 0.137. The molecular formula is C13H19NO3. The maximum absolute atomic E-state index is 9.81. The van der Waals surface area contributed by atoms with Crippen LogP contribution in [0.1, 0.15) is 25.0 Å². The molecule has 1 aliphatic heterocycles. The number of nitrogens with zero attached hydrogens (tertiary/aromatic N) is 1. The standard InChI is InChI=1S/C13H19NO3/c15-12(9-11-5-1-3-7-14-11)10-17-13-6-2-4-8-16-13/h1,3,5,7,12-13,15H,2,4,6,8-10H2. The molecule has 94 valence electrons. The minimum atomic E-state index is -0.518. The highest BCUT2D eigenvalue weighted by Crippen LogP contribution is 2.14. The Morgan fingerprint density at radius 3 is 3.12 bits per heavy atom. The summed E-state index contributed by atoms with van der Waals surface area (Å²) in [5.41, 5.74) is 0.883. The number of pyridine rings is 1. The summed E-state index contributed by atoms with van der Waals surface area (Å²) in [5, 5.41) is 9.81. The van der Waals surface area contributed by atoms with Crippen molar-refractivity contribution in [2.45, 2.75) is 38.1 Å². The molecule has 0 radical (unpaired) electrons. The van der Waals surface area contributed by atoms with Gasteiger partial charge in [0, 0.05) is 24.9 Å². The second kappa shape index (κ2) is 6.69. The molecule has 1 saturated heterocycles. The number of rotatable bonds is 5. The van der Waals surface area contributed by atoms with Gasteiger partial charge in [-0.25, -0.2) is 0 Å². The second-order valence-electron chi connectivity index (χ2n) is 4.31. The number of aromatic nitrogens is 1. The fraction of sp³-hybridized carbons (Fsp3) is 0.615. The summed E-state index contributed by atoms with van der Waals surface area (Å²) in [5.74, 6) is 0. The third kappa shape index (κ3) is 4.42. The highest BCUT2D eigenvalue weighted by molar-refractivity contribution is 5.04. The van der Waals surface area contributed by atoms with Crippen LogP contribution in [-0.2, 0) is 15.9 Å². The van der Waals surface area contributed by atoms with Gasteiger partial charge in [0.1, 0.15) is 0 Å². The van der Waals surface area contributed by atoms with Crippen LogP contribution in [0.5, 0.6) is 0 Å². The third-order valence-electron chi connectivity index (χ3n) is 2.78. The monoisotopic (exact) mass is 237 g/mol. The van der Waals surface area contributed by atoms with Crippen molar-refractivity contribution in [3.63, 3.8) is 0 Å². The fourth-order valence-electron chi connectivity index (χ4n) is 1.88. The predicted octanol–water partition coefficient (Wildman–Crippen LogP) is 1.53. The fourth-order valence-corrected chi connectivity index (χ4v) is 1.88. The van der Waals surface area contributed by atoms with Crippen molar-refractivity contribution < 1.29 is 14.6 Å². The van der Waals surface area contributed by atoms with E-state index in [9.17, 15) is 5.11 Å². The number of aliphatic hydroxyl groups excluding tert-OH is 1. The van der Waals surface area contributed by atoms with Crippen LogP contribution >= 0.6 is 0 Å². The molecule has 1 N–H and O–H groups in total. The van der Waals surface area contributed by atoms with Crippen LogP contribution in [0.3, 0.4) is 0 Å². The smallest absolute Gasteiger partial charge is 0.157 e. The summed E-state index contributed by atoms with van der Waals surface area (Å²) < 4.78 is 10.9. The van der Waals surface area contributed by atoms with Gasteiger partial charge in [-0.05, 0) is 31.4 Å². The zero-order valence-electron chi connectivity index (χ0n) is 9.92. The Morgan fingerprint density at radius 1 is 1.47 bits per heavy atom. The first kappa shape index (κ1) is 12.5. The second-order valence-corrected chi connectivity index (χ2v) is 4.31. The number of hydrogen-bond acceptors (Lipinski definition) is 4. The molecule has 1 fully saturated rings. The molecule has 4 heteroatoms. The molecule has 0 aliphatic carbocycles. The van der Waals surface area contributed by atoms with Crippen molar-refractivity contribution in [1.29, 1.82) is 0 Å². The summed E-state index contributed by atoms with van der Waals surface area (Å²) in [7, 11) is 0. The molecule has 2 rings (SSSR count). The number of hydrogen-bond donors (Lipinski definition) is 1. The molecule has 1 aromatic heterocycles. The molecule has 2 heterocycles. The van der Waals surface area contributed by atoms with Crippen LogP contribution in [0, 0.1) is 0 Å². The maximum atomic E-state index is 9.81. The molecule has 4 nitrogen and oxygen atoms in total. The zero-order valence-corrected chi connectivity index (χ0v) is 9.92. The van der Waals surface area contributed by atoms with E-state index >= 15 is 0 Å². The van der Waals surface area contributed by atoms with Crippen LogP contribution in [0.15, 0.2) is 24.4 Å². The van der Waals surface area contributed by atoms with E-state index in [1.165, 1.54) is 0 Å².